The molecule has 1 aromatic heterocycles. The Morgan fingerprint density at radius 2 is 2.06 bits per heavy atom. The Morgan fingerprint density at radius 1 is 1.39 bits per heavy atom. The lowest BCUT2D eigenvalue weighted by Crippen LogP contribution is -2.11. The fourth-order valence-electron chi connectivity index (χ4n) is 1.79. The van der Waals surface area contributed by atoms with Crippen LogP contribution >= 0.6 is 0 Å². The van der Waals surface area contributed by atoms with Crippen LogP contribution in [0.2, 0.25) is 0 Å². The SMILES string of the molecule is COc1cnn(C)c1C(=O)Cc1ccc(N)cc1. The largest absolute Gasteiger partial charge is 0.493 e. The van der Waals surface area contributed by atoms with E-state index in [1.54, 1.807) is 19.2 Å². The third-order valence-electron chi connectivity index (χ3n) is 2.73. The molecule has 1 heterocycles. The van der Waals surface area contributed by atoms with Crippen molar-refractivity contribution in [3.05, 3.63) is 41.7 Å². The van der Waals surface area contributed by atoms with Crippen LogP contribution in [0.5, 0.6) is 5.75 Å². The van der Waals surface area contributed by atoms with Crippen LogP contribution in [0.25, 0.3) is 0 Å². The maximum absolute atomic E-state index is 12.2. The van der Waals surface area contributed by atoms with E-state index in [-0.39, 0.29) is 5.78 Å². The van der Waals surface area contributed by atoms with Crippen molar-refractivity contribution < 1.29 is 9.53 Å². The fraction of sp³-hybridized carbons (Fsp3) is 0.231. The molecule has 94 valence electrons. The molecule has 0 spiro atoms. The fourth-order valence-corrected chi connectivity index (χ4v) is 1.79. The predicted molar refractivity (Wildman–Crippen MR) is 68.6 cm³/mol. The van der Waals surface area contributed by atoms with Gasteiger partial charge in [0.2, 0.25) is 0 Å². The predicted octanol–water partition coefficient (Wildman–Crippen LogP) is 1.44. The van der Waals surface area contributed by atoms with Crippen LogP contribution in [0, 0.1) is 0 Å². The van der Waals surface area contributed by atoms with Crippen molar-refractivity contribution in [3.63, 3.8) is 0 Å². The number of carbonyl (C=O) groups excluding carboxylic acids is 1. The maximum atomic E-state index is 12.2. The second-order valence-electron chi connectivity index (χ2n) is 4.03. The molecule has 0 bridgehead atoms. The van der Waals surface area contributed by atoms with Crippen LogP contribution in [-0.4, -0.2) is 22.7 Å². The van der Waals surface area contributed by atoms with Crippen LogP contribution in [0.3, 0.4) is 0 Å². The van der Waals surface area contributed by atoms with E-state index < -0.39 is 0 Å². The van der Waals surface area contributed by atoms with Crippen LogP contribution in [0.1, 0.15) is 16.1 Å². The summed E-state index contributed by atoms with van der Waals surface area (Å²) in [7, 11) is 3.25. The van der Waals surface area contributed by atoms with E-state index in [2.05, 4.69) is 5.10 Å². The molecule has 0 saturated heterocycles. The summed E-state index contributed by atoms with van der Waals surface area (Å²) in [4.78, 5) is 12.2. The van der Waals surface area contributed by atoms with Crippen molar-refractivity contribution in [1.29, 1.82) is 0 Å². The number of methoxy groups -OCH3 is 1. The van der Waals surface area contributed by atoms with Gasteiger partial charge in [-0.3, -0.25) is 9.48 Å². The Kier molecular flexibility index (Phi) is 3.32. The molecular weight excluding hydrogens is 230 g/mol. The Labute approximate surface area is 105 Å². The van der Waals surface area contributed by atoms with Gasteiger partial charge in [0.15, 0.2) is 11.5 Å². The first kappa shape index (κ1) is 12.2. The van der Waals surface area contributed by atoms with Crippen LogP contribution in [-0.2, 0) is 13.5 Å². The van der Waals surface area contributed by atoms with Gasteiger partial charge in [0.25, 0.3) is 0 Å². The monoisotopic (exact) mass is 245 g/mol. The number of hydrogen-bond donors (Lipinski definition) is 1. The topological polar surface area (TPSA) is 70.1 Å². The average Bonchev–Trinajstić information content (AvgIpc) is 2.73. The Bertz CT molecular complexity index is 558. The Hall–Kier alpha value is -2.30. The molecule has 0 aliphatic rings. The van der Waals surface area contributed by atoms with Crippen molar-refractivity contribution in [2.24, 2.45) is 7.05 Å². The highest BCUT2D eigenvalue weighted by Crippen LogP contribution is 2.19. The molecule has 0 unspecified atom stereocenters. The zero-order valence-corrected chi connectivity index (χ0v) is 10.4. The molecule has 0 aliphatic carbocycles. The van der Waals surface area contributed by atoms with Gasteiger partial charge in [-0.2, -0.15) is 5.10 Å². The highest BCUT2D eigenvalue weighted by Gasteiger charge is 2.17. The molecule has 2 rings (SSSR count). The van der Waals surface area contributed by atoms with Crippen LogP contribution in [0.4, 0.5) is 5.69 Å². The minimum absolute atomic E-state index is 0.0309. The third kappa shape index (κ3) is 2.34. The molecule has 0 aliphatic heterocycles. The average molecular weight is 245 g/mol. The number of ketones is 1. The molecule has 18 heavy (non-hydrogen) atoms. The van der Waals surface area contributed by atoms with Gasteiger partial charge in [-0.25, -0.2) is 0 Å². The summed E-state index contributed by atoms with van der Waals surface area (Å²) in [6.45, 7) is 0. The first-order valence-corrected chi connectivity index (χ1v) is 5.55. The molecule has 0 saturated carbocycles. The zero-order valence-electron chi connectivity index (χ0n) is 10.4. The second kappa shape index (κ2) is 4.91. The van der Waals surface area contributed by atoms with Gasteiger partial charge in [0.05, 0.1) is 13.3 Å². The van der Waals surface area contributed by atoms with Gasteiger partial charge >= 0.3 is 0 Å². The first-order chi connectivity index (χ1) is 8.61. The summed E-state index contributed by atoms with van der Waals surface area (Å²) in [6, 6.07) is 7.25. The molecule has 5 nitrogen and oxygen atoms in total. The molecule has 2 N–H and O–H groups in total. The number of anilines is 1. The smallest absolute Gasteiger partial charge is 0.189 e. The van der Waals surface area contributed by atoms with Gasteiger partial charge in [0, 0.05) is 19.2 Å². The van der Waals surface area contributed by atoms with Crippen LogP contribution in [0.15, 0.2) is 30.5 Å². The zero-order chi connectivity index (χ0) is 13.1. The van der Waals surface area contributed by atoms with Crippen molar-refractivity contribution in [1.82, 2.24) is 9.78 Å². The van der Waals surface area contributed by atoms with Gasteiger partial charge in [-0.05, 0) is 17.7 Å². The number of rotatable bonds is 4. The lowest BCUT2D eigenvalue weighted by atomic mass is 10.1. The van der Waals surface area contributed by atoms with E-state index in [1.807, 2.05) is 12.1 Å². The van der Waals surface area contributed by atoms with E-state index in [4.69, 9.17) is 10.5 Å². The highest BCUT2D eigenvalue weighted by atomic mass is 16.5. The number of nitrogens with zero attached hydrogens (tertiary/aromatic N) is 2. The summed E-state index contributed by atoms with van der Waals surface area (Å²) in [5.74, 6) is 0.467. The first-order valence-electron chi connectivity index (χ1n) is 5.55. The van der Waals surface area contributed by atoms with Gasteiger partial charge in [-0.15, -0.1) is 0 Å². The highest BCUT2D eigenvalue weighted by molar-refractivity contribution is 5.98. The van der Waals surface area contributed by atoms with E-state index in [9.17, 15) is 4.79 Å². The number of Topliss-reactive ketones (excluding diaryl/α,β-unsaturated/α-hetero) is 1. The van der Waals surface area contributed by atoms with Crippen LogP contribution < -0.4 is 10.5 Å². The standard InChI is InChI=1S/C13H15N3O2/c1-16-13(12(18-2)8-15-16)11(17)7-9-3-5-10(14)6-4-9/h3-6,8H,7,14H2,1-2H3. The number of nitrogen functional groups attached to an aromatic ring is 1. The number of carbonyl (C=O) groups is 1. The molecule has 0 radical (unpaired) electrons. The lowest BCUT2D eigenvalue weighted by molar-refractivity contribution is 0.0981. The maximum Gasteiger partial charge on any atom is 0.189 e. The van der Waals surface area contributed by atoms with Crippen molar-refractivity contribution in [3.8, 4) is 5.75 Å². The normalized spacial score (nSPS) is 10.3. The van der Waals surface area contributed by atoms with Crippen molar-refractivity contribution >= 4 is 11.5 Å². The summed E-state index contributed by atoms with van der Waals surface area (Å²) in [5.41, 5.74) is 7.68. The summed E-state index contributed by atoms with van der Waals surface area (Å²) < 4.78 is 6.65. The molecule has 0 atom stereocenters. The summed E-state index contributed by atoms with van der Waals surface area (Å²) >= 11 is 0. The summed E-state index contributed by atoms with van der Waals surface area (Å²) in [6.07, 6.45) is 1.84. The second-order valence-corrected chi connectivity index (χ2v) is 4.03. The molecule has 1 aromatic carbocycles. The summed E-state index contributed by atoms with van der Waals surface area (Å²) in [5, 5.41) is 4.02. The van der Waals surface area contributed by atoms with Gasteiger partial charge in [0.1, 0.15) is 5.69 Å². The van der Waals surface area contributed by atoms with E-state index in [0.29, 0.717) is 23.6 Å². The number of nitrogens with two attached hydrogens (primary N) is 1. The molecule has 5 heteroatoms. The molecule has 0 fully saturated rings. The third-order valence-corrected chi connectivity index (χ3v) is 2.73. The minimum atomic E-state index is -0.0309. The van der Waals surface area contributed by atoms with Crippen molar-refractivity contribution in [2.75, 3.05) is 12.8 Å². The Morgan fingerprint density at radius 3 is 2.67 bits per heavy atom. The van der Waals surface area contributed by atoms with Crippen molar-refractivity contribution in [2.45, 2.75) is 6.42 Å². The lowest BCUT2D eigenvalue weighted by Gasteiger charge is -2.05. The van der Waals surface area contributed by atoms with Gasteiger partial charge < -0.3 is 10.5 Å². The molecule has 0 amide bonds. The molecular formula is C13H15N3O2. The van der Waals surface area contributed by atoms with E-state index >= 15 is 0 Å². The number of aromatic nitrogens is 2. The van der Waals surface area contributed by atoms with Gasteiger partial charge in [-0.1, -0.05) is 12.1 Å². The minimum Gasteiger partial charge on any atom is -0.493 e. The number of hydrogen-bond acceptors (Lipinski definition) is 4. The quantitative estimate of drug-likeness (QED) is 0.653. The molecule has 2 aromatic rings. The number of benzene rings is 1. The van der Waals surface area contributed by atoms with E-state index in [1.165, 1.54) is 18.0 Å². The number of aryl methyl sites for hydroxylation is 1. The van der Waals surface area contributed by atoms with E-state index in [0.717, 1.165) is 5.56 Å². The Balaban J connectivity index is 2.21. The number of ether oxygens (including phenoxy) is 1.